The monoisotopic (exact) mass is 372 g/mol. The van der Waals surface area contributed by atoms with Crippen molar-refractivity contribution < 1.29 is 9.59 Å². The summed E-state index contributed by atoms with van der Waals surface area (Å²) in [4.78, 5) is 28.2. The van der Waals surface area contributed by atoms with Crippen LogP contribution in [-0.4, -0.2) is 39.6 Å². The van der Waals surface area contributed by atoms with Gasteiger partial charge in [-0.1, -0.05) is 12.5 Å². The highest BCUT2D eigenvalue weighted by Crippen LogP contribution is 2.31. The SMILES string of the molecule is O=C(C[C@@H]1CN(C(=O)C2CCC2)Cc2ccnn21)NCCc1cccs1. The van der Waals surface area contributed by atoms with E-state index in [2.05, 4.69) is 16.5 Å². The first-order valence-electron chi connectivity index (χ1n) is 9.31. The molecule has 3 heterocycles. The minimum atomic E-state index is -0.0838. The Bertz CT molecular complexity index is 766. The van der Waals surface area contributed by atoms with Gasteiger partial charge in [0, 0.05) is 30.1 Å². The van der Waals surface area contributed by atoms with E-state index in [1.165, 1.54) is 4.88 Å². The van der Waals surface area contributed by atoms with Gasteiger partial charge in [0.1, 0.15) is 0 Å². The molecule has 1 atom stereocenters. The highest BCUT2D eigenvalue weighted by molar-refractivity contribution is 7.09. The number of carbonyl (C=O) groups is 2. The third kappa shape index (κ3) is 3.67. The van der Waals surface area contributed by atoms with Crippen molar-refractivity contribution in [3.05, 3.63) is 40.3 Å². The summed E-state index contributed by atoms with van der Waals surface area (Å²) in [5, 5.41) is 9.44. The fourth-order valence-corrected chi connectivity index (χ4v) is 4.39. The molecule has 26 heavy (non-hydrogen) atoms. The Morgan fingerprint density at radius 3 is 2.92 bits per heavy atom. The maximum Gasteiger partial charge on any atom is 0.226 e. The van der Waals surface area contributed by atoms with E-state index in [-0.39, 0.29) is 23.8 Å². The molecule has 2 aromatic rings. The van der Waals surface area contributed by atoms with Crippen molar-refractivity contribution in [2.75, 3.05) is 13.1 Å². The van der Waals surface area contributed by atoms with Crippen LogP contribution in [0.3, 0.4) is 0 Å². The third-order valence-electron chi connectivity index (χ3n) is 5.34. The van der Waals surface area contributed by atoms with Crippen LogP contribution in [-0.2, 0) is 22.6 Å². The average molecular weight is 372 g/mol. The number of hydrogen-bond donors (Lipinski definition) is 1. The molecule has 2 amide bonds. The summed E-state index contributed by atoms with van der Waals surface area (Å²) in [6.45, 7) is 1.82. The molecule has 7 heteroatoms. The van der Waals surface area contributed by atoms with Crippen LogP contribution in [0, 0.1) is 5.92 Å². The van der Waals surface area contributed by atoms with E-state index >= 15 is 0 Å². The highest BCUT2D eigenvalue weighted by Gasteiger charge is 2.35. The Labute approximate surface area is 157 Å². The van der Waals surface area contributed by atoms with Crippen LogP contribution < -0.4 is 5.32 Å². The first-order valence-corrected chi connectivity index (χ1v) is 10.2. The van der Waals surface area contributed by atoms with Crippen LogP contribution in [0.2, 0.25) is 0 Å². The second-order valence-electron chi connectivity index (χ2n) is 7.15. The third-order valence-corrected chi connectivity index (χ3v) is 6.28. The topological polar surface area (TPSA) is 67.2 Å². The molecule has 0 aromatic carbocycles. The van der Waals surface area contributed by atoms with Gasteiger partial charge in [0.25, 0.3) is 0 Å². The number of hydrogen-bond acceptors (Lipinski definition) is 4. The number of nitrogens with zero attached hydrogens (tertiary/aromatic N) is 3. The summed E-state index contributed by atoms with van der Waals surface area (Å²) in [6, 6.07) is 5.97. The summed E-state index contributed by atoms with van der Waals surface area (Å²) in [7, 11) is 0. The molecule has 0 unspecified atom stereocenters. The number of amides is 2. The first kappa shape index (κ1) is 17.3. The predicted molar refractivity (Wildman–Crippen MR) is 99.7 cm³/mol. The van der Waals surface area contributed by atoms with Gasteiger partial charge in [-0.15, -0.1) is 11.3 Å². The van der Waals surface area contributed by atoms with E-state index in [1.807, 2.05) is 27.1 Å². The zero-order valence-corrected chi connectivity index (χ0v) is 15.6. The molecule has 1 saturated carbocycles. The normalized spacial score (nSPS) is 19.7. The second-order valence-corrected chi connectivity index (χ2v) is 8.18. The van der Waals surface area contributed by atoms with Crippen LogP contribution >= 0.6 is 11.3 Å². The highest BCUT2D eigenvalue weighted by atomic mass is 32.1. The van der Waals surface area contributed by atoms with Crippen LogP contribution in [0.15, 0.2) is 29.8 Å². The Morgan fingerprint density at radius 2 is 2.19 bits per heavy atom. The van der Waals surface area contributed by atoms with Gasteiger partial charge in [-0.2, -0.15) is 5.10 Å². The van der Waals surface area contributed by atoms with Crippen molar-refractivity contribution >= 4 is 23.2 Å². The lowest BCUT2D eigenvalue weighted by Gasteiger charge is -2.37. The number of thiophene rings is 1. The van der Waals surface area contributed by atoms with Gasteiger partial charge in [0.15, 0.2) is 0 Å². The number of carbonyl (C=O) groups excluding carboxylic acids is 2. The van der Waals surface area contributed by atoms with Crippen molar-refractivity contribution in [1.82, 2.24) is 20.0 Å². The lowest BCUT2D eigenvalue weighted by molar-refractivity contribution is -0.141. The van der Waals surface area contributed by atoms with Crippen molar-refractivity contribution in [2.24, 2.45) is 5.92 Å². The quantitative estimate of drug-likeness (QED) is 0.847. The van der Waals surface area contributed by atoms with E-state index < -0.39 is 0 Å². The van der Waals surface area contributed by atoms with Crippen molar-refractivity contribution in [2.45, 2.75) is 44.7 Å². The molecule has 2 aliphatic rings. The van der Waals surface area contributed by atoms with Crippen molar-refractivity contribution in [3.63, 3.8) is 0 Å². The van der Waals surface area contributed by atoms with Gasteiger partial charge in [-0.25, -0.2) is 0 Å². The molecule has 2 aromatic heterocycles. The molecule has 1 aliphatic heterocycles. The number of rotatable bonds is 6. The number of fused-ring (bicyclic) bond motifs is 1. The lowest BCUT2D eigenvalue weighted by Crippen LogP contribution is -2.46. The summed E-state index contributed by atoms with van der Waals surface area (Å²) < 4.78 is 1.92. The standard InChI is InChI=1S/C19H24N4O2S/c24-18(20-8-7-17-5-2-10-26-17)11-16-13-22(19(25)14-3-1-4-14)12-15-6-9-21-23(15)16/h2,5-6,9-10,14,16H,1,3-4,7-8,11-13H2,(H,20,24)/t16-/m1/s1. The Hall–Kier alpha value is -2.15. The first-order chi connectivity index (χ1) is 12.7. The summed E-state index contributed by atoms with van der Waals surface area (Å²) >= 11 is 1.71. The summed E-state index contributed by atoms with van der Waals surface area (Å²) in [6.07, 6.45) is 6.12. The van der Waals surface area contributed by atoms with Gasteiger partial charge in [0.2, 0.25) is 11.8 Å². The number of nitrogens with one attached hydrogen (secondary N) is 1. The predicted octanol–water partition coefficient (Wildman–Crippen LogP) is 2.38. The zero-order chi connectivity index (χ0) is 17.9. The largest absolute Gasteiger partial charge is 0.356 e. The summed E-state index contributed by atoms with van der Waals surface area (Å²) in [5.41, 5.74) is 1.01. The molecule has 1 aliphatic carbocycles. The Morgan fingerprint density at radius 1 is 1.31 bits per heavy atom. The van der Waals surface area contributed by atoms with Crippen molar-refractivity contribution in [3.8, 4) is 0 Å². The maximum atomic E-state index is 12.6. The number of aromatic nitrogens is 2. The van der Waals surface area contributed by atoms with Gasteiger partial charge in [-0.3, -0.25) is 14.3 Å². The van der Waals surface area contributed by atoms with Gasteiger partial charge >= 0.3 is 0 Å². The molecule has 4 rings (SSSR count). The molecule has 138 valence electrons. The van der Waals surface area contributed by atoms with Crippen LogP contribution in [0.1, 0.15) is 42.3 Å². The van der Waals surface area contributed by atoms with Gasteiger partial charge in [0.05, 0.1) is 24.7 Å². The van der Waals surface area contributed by atoms with Gasteiger partial charge in [-0.05, 0) is 36.8 Å². The minimum Gasteiger partial charge on any atom is -0.356 e. The minimum absolute atomic E-state index is 0.0194. The van der Waals surface area contributed by atoms with Crippen LogP contribution in [0.5, 0.6) is 0 Å². The zero-order valence-electron chi connectivity index (χ0n) is 14.8. The second kappa shape index (κ2) is 7.61. The fourth-order valence-electron chi connectivity index (χ4n) is 3.69. The van der Waals surface area contributed by atoms with E-state index in [4.69, 9.17) is 0 Å². The lowest BCUT2D eigenvalue weighted by atomic mass is 9.84. The van der Waals surface area contributed by atoms with E-state index in [0.29, 0.717) is 26.1 Å². The van der Waals surface area contributed by atoms with Crippen molar-refractivity contribution in [1.29, 1.82) is 0 Å². The van der Waals surface area contributed by atoms with E-state index in [9.17, 15) is 9.59 Å². The summed E-state index contributed by atoms with van der Waals surface area (Å²) in [5.74, 6) is 0.447. The molecular weight excluding hydrogens is 348 g/mol. The smallest absolute Gasteiger partial charge is 0.226 e. The molecule has 1 fully saturated rings. The molecule has 0 bridgehead atoms. The van der Waals surface area contributed by atoms with E-state index in [0.717, 1.165) is 31.4 Å². The Kier molecular flexibility index (Phi) is 5.06. The average Bonchev–Trinajstić information content (AvgIpc) is 3.24. The fraction of sp³-hybridized carbons (Fsp3) is 0.526. The van der Waals surface area contributed by atoms with Crippen LogP contribution in [0.4, 0.5) is 0 Å². The molecule has 6 nitrogen and oxygen atoms in total. The van der Waals surface area contributed by atoms with Crippen LogP contribution in [0.25, 0.3) is 0 Å². The maximum absolute atomic E-state index is 12.6. The molecule has 1 N–H and O–H groups in total. The molecular formula is C19H24N4O2S. The van der Waals surface area contributed by atoms with Gasteiger partial charge < -0.3 is 10.2 Å². The molecule has 0 radical (unpaired) electrons. The molecule has 0 spiro atoms. The molecule has 0 saturated heterocycles. The Balaban J connectivity index is 1.35. The van der Waals surface area contributed by atoms with E-state index in [1.54, 1.807) is 17.5 Å².